The van der Waals surface area contributed by atoms with Gasteiger partial charge in [0.1, 0.15) is 0 Å². The highest BCUT2D eigenvalue weighted by Crippen LogP contribution is 2.24. The second-order valence-corrected chi connectivity index (χ2v) is 9.44. The molecule has 2 unspecified atom stereocenters. The SMILES string of the molecule is CC1CN(S(=O)(=O)c2ccc(NC(=O)c3ccc(Cl)c(Cl)c3)cc2)CC(C)O1. The van der Waals surface area contributed by atoms with Crippen molar-refractivity contribution in [2.75, 3.05) is 18.4 Å². The van der Waals surface area contributed by atoms with Gasteiger partial charge in [-0.25, -0.2) is 8.42 Å². The summed E-state index contributed by atoms with van der Waals surface area (Å²) in [6.45, 7) is 4.31. The fourth-order valence-electron chi connectivity index (χ4n) is 3.03. The quantitative estimate of drug-likeness (QED) is 0.774. The van der Waals surface area contributed by atoms with Gasteiger partial charge >= 0.3 is 0 Å². The smallest absolute Gasteiger partial charge is 0.255 e. The van der Waals surface area contributed by atoms with E-state index in [0.29, 0.717) is 29.4 Å². The Hall–Kier alpha value is -1.64. The number of ether oxygens (including phenoxy) is 1. The molecule has 1 N–H and O–H groups in total. The van der Waals surface area contributed by atoms with Gasteiger partial charge in [0.05, 0.1) is 27.1 Å². The van der Waals surface area contributed by atoms with Gasteiger partial charge in [0.15, 0.2) is 0 Å². The number of benzene rings is 2. The fraction of sp³-hybridized carbons (Fsp3) is 0.316. The number of halogens is 2. The van der Waals surface area contributed by atoms with Gasteiger partial charge in [-0.15, -0.1) is 0 Å². The van der Waals surface area contributed by atoms with Crippen LogP contribution in [0.15, 0.2) is 47.4 Å². The standard InChI is InChI=1S/C19H20Cl2N2O4S/c1-12-10-23(11-13(2)27-12)28(25,26)16-6-4-15(5-7-16)22-19(24)14-3-8-17(20)18(21)9-14/h3-9,12-13H,10-11H2,1-2H3,(H,22,24). The molecule has 2 aromatic carbocycles. The minimum absolute atomic E-state index is 0.164. The first-order chi connectivity index (χ1) is 13.2. The summed E-state index contributed by atoms with van der Waals surface area (Å²) < 4.78 is 32.7. The van der Waals surface area contributed by atoms with E-state index in [-0.39, 0.29) is 28.0 Å². The van der Waals surface area contributed by atoms with Crippen LogP contribution < -0.4 is 5.32 Å². The molecule has 2 aromatic rings. The maximum atomic E-state index is 12.9. The lowest BCUT2D eigenvalue weighted by molar-refractivity contribution is -0.0440. The summed E-state index contributed by atoms with van der Waals surface area (Å²) in [4.78, 5) is 12.5. The Bertz CT molecular complexity index is 970. The Balaban J connectivity index is 1.74. The molecule has 9 heteroatoms. The van der Waals surface area contributed by atoms with Crippen LogP contribution >= 0.6 is 23.2 Å². The minimum atomic E-state index is -3.63. The molecule has 0 aromatic heterocycles. The van der Waals surface area contributed by atoms with Crippen LogP contribution in [-0.2, 0) is 14.8 Å². The molecule has 2 atom stereocenters. The molecule has 0 aliphatic carbocycles. The number of anilines is 1. The van der Waals surface area contributed by atoms with Crippen LogP contribution in [0.4, 0.5) is 5.69 Å². The summed E-state index contributed by atoms with van der Waals surface area (Å²) in [5.41, 5.74) is 0.820. The van der Waals surface area contributed by atoms with E-state index in [9.17, 15) is 13.2 Å². The van der Waals surface area contributed by atoms with Crippen molar-refractivity contribution in [3.05, 3.63) is 58.1 Å². The Labute approximate surface area is 174 Å². The van der Waals surface area contributed by atoms with Crippen molar-refractivity contribution in [3.63, 3.8) is 0 Å². The van der Waals surface area contributed by atoms with Crippen molar-refractivity contribution in [2.24, 2.45) is 0 Å². The topological polar surface area (TPSA) is 75.7 Å². The largest absolute Gasteiger partial charge is 0.373 e. The average Bonchev–Trinajstić information content (AvgIpc) is 2.63. The lowest BCUT2D eigenvalue weighted by Gasteiger charge is -2.34. The monoisotopic (exact) mass is 442 g/mol. The van der Waals surface area contributed by atoms with Gasteiger partial charge < -0.3 is 10.1 Å². The molecule has 1 fully saturated rings. The van der Waals surface area contributed by atoms with Crippen molar-refractivity contribution in [3.8, 4) is 0 Å². The molecule has 0 saturated carbocycles. The van der Waals surface area contributed by atoms with Gasteiger partial charge in [-0.2, -0.15) is 4.31 Å². The van der Waals surface area contributed by atoms with E-state index in [4.69, 9.17) is 27.9 Å². The second kappa shape index (κ2) is 8.39. The van der Waals surface area contributed by atoms with E-state index >= 15 is 0 Å². The van der Waals surface area contributed by atoms with E-state index in [0.717, 1.165) is 0 Å². The third-order valence-corrected chi connectivity index (χ3v) is 6.90. The molecular formula is C19H20Cl2N2O4S. The predicted octanol–water partition coefficient (Wildman–Crippen LogP) is 4.04. The number of hydrogen-bond acceptors (Lipinski definition) is 4. The Morgan fingerprint density at radius 1 is 1.04 bits per heavy atom. The number of hydrogen-bond donors (Lipinski definition) is 1. The van der Waals surface area contributed by atoms with Gasteiger partial charge in [-0.05, 0) is 56.3 Å². The summed E-state index contributed by atoms with van der Waals surface area (Å²) in [5, 5.41) is 3.35. The van der Waals surface area contributed by atoms with E-state index in [2.05, 4.69) is 5.32 Å². The van der Waals surface area contributed by atoms with E-state index < -0.39 is 10.0 Å². The zero-order valence-corrected chi connectivity index (χ0v) is 17.7. The molecule has 0 bridgehead atoms. The van der Waals surface area contributed by atoms with Crippen LogP contribution in [0.5, 0.6) is 0 Å². The Morgan fingerprint density at radius 2 is 1.64 bits per heavy atom. The zero-order chi connectivity index (χ0) is 20.5. The third kappa shape index (κ3) is 4.67. The molecule has 3 rings (SSSR count). The fourth-order valence-corrected chi connectivity index (χ4v) is 4.92. The zero-order valence-electron chi connectivity index (χ0n) is 15.4. The molecule has 1 heterocycles. The van der Waals surface area contributed by atoms with Crippen LogP contribution in [0.25, 0.3) is 0 Å². The summed E-state index contributed by atoms with van der Waals surface area (Å²) in [6, 6.07) is 10.6. The number of carbonyl (C=O) groups excluding carboxylic acids is 1. The van der Waals surface area contributed by atoms with Crippen LogP contribution in [0.3, 0.4) is 0 Å². The molecular weight excluding hydrogens is 423 g/mol. The summed E-state index contributed by atoms with van der Waals surface area (Å²) in [7, 11) is -3.63. The number of nitrogens with one attached hydrogen (secondary N) is 1. The summed E-state index contributed by atoms with van der Waals surface area (Å²) in [5.74, 6) is -0.370. The average molecular weight is 443 g/mol. The van der Waals surface area contributed by atoms with Gasteiger partial charge in [0.25, 0.3) is 5.91 Å². The first-order valence-corrected chi connectivity index (χ1v) is 10.9. The molecule has 150 valence electrons. The number of amides is 1. The number of rotatable bonds is 4. The molecule has 1 aliphatic heterocycles. The molecule has 6 nitrogen and oxygen atoms in total. The lowest BCUT2D eigenvalue weighted by Crippen LogP contribution is -2.48. The second-order valence-electron chi connectivity index (χ2n) is 6.69. The maximum Gasteiger partial charge on any atom is 0.255 e. The van der Waals surface area contributed by atoms with Crippen LogP contribution in [0.1, 0.15) is 24.2 Å². The Morgan fingerprint density at radius 3 is 2.21 bits per heavy atom. The van der Waals surface area contributed by atoms with Crippen molar-refractivity contribution in [1.29, 1.82) is 0 Å². The van der Waals surface area contributed by atoms with E-state index in [1.807, 2.05) is 13.8 Å². The highest BCUT2D eigenvalue weighted by atomic mass is 35.5. The number of morpholine rings is 1. The maximum absolute atomic E-state index is 12.9. The van der Waals surface area contributed by atoms with Gasteiger partial charge in [-0.3, -0.25) is 4.79 Å². The first-order valence-electron chi connectivity index (χ1n) is 8.69. The molecule has 28 heavy (non-hydrogen) atoms. The summed E-state index contributed by atoms with van der Waals surface area (Å²) >= 11 is 11.8. The predicted molar refractivity (Wildman–Crippen MR) is 110 cm³/mol. The van der Waals surface area contributed by atoms with Crippen molar-refractivity contribution >= 4 is 44.8 Å². The van der Waals surface area contributed by atoms with Crippen molar-refractivity contribution < 1.29 is 17.9 Å². The summed E-state index contributed by atoms with van der Waals surface area (Å²) in [6.07, 6.45) is -0.327. The first kappa shape index (κ1) is 21.1. The molecule has 0 radical (unpaired) electrons. The number of carbonyl (C=O) groups is 1. The Kier molecular flexibility index (Phi) is 6.31. The van der Waals surface area contributed by atoms with Crippen LogP contribution in [0, 0.1) is 0 Å². The molecule has 1 saturated heterocycles. The van der Waals surface area contributed by atoms with Crippen molar-refractivity contribution in [1.82, 2.24) is 4.31 Å². The highest BCUT2D eigenvalue weighted by molar-refractivity contribution is 7.89. The van der Waals surface area contributed by atoms with E-state index in [1.165, 1.54) is 22.5 Å². The van der Waals surface area contributed by atoms with Crippen LogP contribution in [0.2, 0.25) is 10.0 Å². The van der Waals surface area contributed by atoms with Crippen molar-refractivity contribution in [2.45, 2.75) is 31.0 Å². The third-order valence-electron chi connectivity index (χ3n) is 4.32. The van der Waals surface area contributed by atoms with Crippen LogP contribution in [-0.4, -0.2) is 43.9 Å². The minimum Gasteiger partial charge on any atom is -0.373 e. The lowest BCUT2D eigenvalue weighted by atomic mass is 10.2. The molecule has 0 spiro atoms. The number of nitrogens with zero attached hydrogens (tertiary/aromatic N) is 1. The van der Waals surface area contributed by atoms with Gasteiger partial charge in [0.2, 0.25) is 10.0 Å². The highest BCUT2D eigenvalue weighted by Gasteiger charge is 2.32. The van der Waals surface area contributed by atoms with E-state index in [1.54, 1.807) is 24.3 Å². The van der Waals surface area contributed by atoms with Gasteiger partial charge in [0, 0.05) is 24.3 Å². The molecule has 1 amide bonds. The van der Waals surface area contributed by atoms with Gasteiger partial charge in [-0.1, -0.05) is 23.2 Å². The normalized spacial score (nSPS) is 20.7. The number of sulfonamides is 1. The molecule has 1 aliphatic rings.